The van der Waals surface area contributed by atoms with Crippen molar-refractivity contribution in [1.29, 1.82) is 0 Å². The minimum Gasteiger partial charge on any atom is -0.465 e. The molecule has 8 nitrogen and oxygen atoms in total. The summed E-state index contributed by atoms with van der Waals surface area (Å²) in [5.74, 6) is -1.84. The molecule has 1 aliphatic heterocycles. The maximum Gasteiger partial charge on any atom is 0.337 e. The molecule has 1 atom stereocenters. The summed E-state index contributed by atoms with van der Waals surface area (Å²) in [7, 11) is 1.28. The topological polar surface area (TPSA) is 111 Å². The first kappa shape index (κ1) is 16.5. The summed E-state index contributed by atoms with van der Waals surface area (Å²) in [4.78, 5) is 45.6. The van der Waals surface area contributed by atoms with E-state index in [-0.39, 0.29) is 12.3 Å². The third kappa shape index (κ3) is 4.53. The van der Waals surface area contributed by atoms with Crippen molar-refractivity contribution in [1.82, 2.24) is 5.32 Å². The fourth-order valence-corrected chi connectivity index (χ4v) is 2.03. The zero-order valence-electron chi connectivity index (χ0n) is 12.5. The molecule has 0 aliphatic carbocycles. The van der Waals surface area contributed by atoms with Crippen molar-refractivity contribution in [2.45, 2.75) is 18.9 Å². The lowest BCUT2D eigenvalue weighted by atomic mass is 10.2. The van der Waals surface area contributed by atoms with Crippen LogP contribution in [0.25, 0.3) is 0 Å². The molecule has 0 bridgehead atoms. The molecule has 1 saturated heterocycles. The molecular weight excluding hydrogens is 304 g/mol. The minimum atomic E-state index is -0.686. The summed E-state index contributed by atoms with van der Waals surface area (Å²) in [6.07, 6.45) is 0.646. The molecule has 0 spiro atoms. The Morgan fingerprint density at radius 2 is 1.96 bits per heavy atom. The third-order valence-corrected chi connectivity index (χ3v) is 3.22. The molecule has 122 valence electrons. The predicted octanol–water partition coefficient (Wildman–Crippen LogP) is 0.233. The Morgan fingerprint density at radius 1 is 1.26 bits per heavy atom. The molecule has 1 heterocycles. The first-order chi connectivity index (χ1) is 11.0. The molecule has 1 aliphatic rings. The highest BCUT2D eigenvalue weighted by atomic mass is 16.5. The quantitative estimate of drug-likeness (QED) is 0.752. The van der Waals surface area contributed by atoms with Crippen LogP contribution >= 0.6 is 0 Å². The van der Waals surface area contributed by atoms with Gasteiger partial charge in [0.2, 0.25) is 5.91 Å². The lowest BCUT2D eigenvalue weighted by molar-refractivity contribution is -0.149. The number of hydrogen-bond donors (Lipinski definition) is 2. The van der Waals surface area contributed by atoms with Gasteiger partial charge in [-0.15, -0.1) is 0 Å². The van der Waals surface area contributed by atoms with Gasteiger partial charge in [-0.05, 0) is 30.7 Å². The molecule has 2 rings (SSSR count). The molecule has 1 aromatic rings. The summed E-state index contributed by atoms with van der Waals surface area (Å²) >= 11 is 0. The summed E-state index contributed by atoms with van der Waals surface area (Å²) in [6.45, 7) is -0.454. The maximum atomic E-state index is 11.7. The SMILES string of the molecule is COC(=O)c1ccc(NC(=O)COC(=O)C2CCC(=O)N2)cc1. The van der Waals surface area contributed by atoms with Crippen LogP contribution in [0.2, 0.25) is 0 Å². The number of amides is 2. The van der Waals surface area contributed by atoms with E-state index in [1.807, 2.05) is 0 Å². The van der Waals surface area contributed by atoms with Crippen LogP contribution in [0, 0.1) is 0 Å². The van der Waals surface area contributed by atoms with Crippen molar-refractivity contribution in [3.05, 3.63) is 29.8 Å². The van der Waals surface area contributed by atoms with Crippen LogP contribution < -0.4 is 10.6 Å². The van der Waals surface area contributed by atoms with E-state index < -0.39 is 30.5 Å². The van der Waals surface area contributed by atoms with Gasteiger partial charge >= 0.3 is 11.9 Å². The number of anilines is 1. The molecule has 0 radical (unpaired) electrons. The van der Waals surface area contributed by atoms with E-state index >= 15 is 0 Å². The molecule has 1 unspecified atom stereocenters. The van der Waals surface area contributed by atoms with Gasteiger partial charge in [0.15, 0.2) is 6.61 Å². The van der Waals surface area contributed by atoms with Crippen molar-refractivity contribution in [2.24, 2.45) is 0 Å². The standard InChI is InChI=1S/C15H16N2O6/c1-22-14(20)9-2-4-10(5-3-9)16-13(19)8-23-15(21)11-6-7-12(18)17-11/h2-5,11H,6-8H2,1H3,(H,16,19)(H,17,18). The Bertz CT molecular complexity index is 625. The predicted molar refractivity (Wildman–Crippen MR) is 78.5 cm³/mol. The molecule has 0 saturated carbocycles. The Kier molecular flexibility index (Phi) is 5.29. The van der Waals surface area contributed by atoms with Gasteiger partial charge in [0.1, 0.15) is 6.04 Å². The number of ether oxygens (including phenoxy) is 2. The van der Waals surface area contributed by atoms with Crippen molar-refractivity contribution in [3.63, 3.8) is 0 Å². The molecule has 8 heteroatoms. The smallest absolute Gasteiger partial charge is 0.337 e. The van der Waals surface area contributed by atoms with E-state index in [2.05, 4.69) is 15.4 Å². The van der Waals surface area contributed by atoms with Crippen molar-refractivity contribution in [3.8, 4) is 0 Å². The van der Waals surface area contributed by atoms with Gasteiger partial charge in [-0.3, -0.25) is 9.59 Å². The molecular formula is C15H16N2O6. The average molecular weight is 320 g/mol. The third-order valence-electron chi connectivity index (χ3n) is 3.22. The van der Waals surface area contributed by atoms with Crippen LogP contribution in [-0.4, -0.2) is 43.5 Å². The average Bonchev–Trinajstić information content (AvgIpc) is 2.99. The van der Waals surface area contributed by atoms with E-state index in [1.165, 1.54) is 31.4 Å². The number of methoxy groups -OCH3 is 1. The number of rotatable bonds is 5. The molecule has 1 aromatic carbocycles. The monoisotopic (exact) mass is 320 g/mol. The summed E-state index contributed by atoms with van der Waals surface area (Å²) in [5.41, 5.74) is 0.807. The fraction of sp³-hybridized carbons (Fsp3) is 0.333. The van der Waals surface area contributed by atoms with Crippen LogP contribution in [0.4, 0.5) is 5.69 Å². The van der Waals surface area contributed by atoms with Gasteiger partial charge < -0.3 is 20.1 Å². The number of carbonyl (C=O) groups excluding carboxylic acids is 4. The second-order valence-electron chi connectivity index (χ2n) is 4.88. The summed E-state index contributed by atoms with van der Waals surface area (Å²) < 4.78 is 9.41. The van der Waals surface area contributed by atoms with Crippen LogP contribution in [-0.2, 0) is 23.9 Å². The van der Waals surface area contributed by atoms with Crippen LogP contribution in [0.1, 0.15) is 23.2 Å². The molecule has 23 heavy (non-hydrogen) atoms. The Labute approximate surface area is 132 Å². The van der Waals surface area contributed by atoms with Crippen molar-refractivity contribution in [2.75, 3.05) is 19.0 Å². The first-order valence-corrected chi connectivity index (χ1v) is 6.94. The van der Waals surface area contributed by atoms with Gasteiger partial charge in [-0.2, -0.15) is 0 Å². The van der Waals surface area contributed by atoms with Gasteiger partial charge in [0.05, 0.1) is 12.7 Å². The highest BCUT2D eigenvalue weighted by Crippen LogP contribution is 2.11. The Balaban J connectivity index is 1.79. The number of benzene rings is 1. The Hall–Kier alpha value is -2.90. The van der Waals surface area contributed by atoms with Crippen LogP contribution in [0.5, 0.6) is 0 Å². The zero-order valence-corrected chi connectivity index (χ0v) is 12.5. The van der Waals surface area contributed by atoms with E-state index in [4.69, 9.17) is 4.74 Å². The second-order valence-corrected chi connectivity index (χ2v) is 4.88. The van der Waals surface area contributed by atoms with E-state index in [1.54, 1.807) is 0 Å². The zero-order chi connectivity index (χ0) is 16.8. The van der Waals surface area contributed by atoms with E-state index in [0.29, 0.717) is 17.7 Å². The highest BCUT2D eigenvalue weighted by molar-refractivity contribution is 5.95. The van der Waals surface area contributed by atoms with Gasteiger partial charge in [-0.25, -0.2) is 9.59 Å². The van der Waals surface area contributed by atoms with Crippen molar-refractivity contribution < 1.29 is 28.7 Å². The second kappa shape index (κ2) is 7.39. The number of nitrogens with one attached hydrogen (secondary N) is 2. The maximum absolute atomic E-state index is 11.7. The normalized spacial score (nSPS) is 16.4. The van der Waals surface area contributed by atoms with E-state index in [9.17, 15) is 19.2 Å². The fourth-order valence-electron chi connectivity index (χ4n) is 2.03. The van der Waals surface area contributed by atoms with Gasteiger partial charge in [0, 0.05) is 12.1 Å². The molecule has 2 amide bonds. The minimum absolute atomic E-state index is 0.206. The van der Waals surface area contributed by atoms with Crippen LogP contribution in [0.15, 0.2) is 24.3 Å². The first-order valence-electron chi connectivity index (χ1n) is 6.94. The number of hydrogen-bond acceptors (Lipinski definition) is 6. The van der Waals surface area contributed by atoms with Gasteiger partial charge in [-0.1, -0.05) is 0 Å². The largest absolute Gasteiger partial charge is 0.465 e. The highest BCUT2D eigenvalue weighted by Gasteiger charge is 2.28. The summed E-state index contributed by atoms with van der Waals surface area (Å²) in [5, 5.41) is 4.99. The Morgan fingerprint density at radius 3 is 2.52 bits per heavy atom. The number of esters is 2. The lowest BCUT2D eigenvalue weighted by Gasteiger charge is -2.10. The van der Waals surface area contributed by atoms with Crippen molar-refractivity contribution >= 4 is 29.4 Å². The molecule has 0 aromatic heterocycles. The van der Waals surface area contributed by atoms with Gasteiger partial charge in [0.25, 0.3) is 5.91 Å². The summed E-state index contributed by atoms with van der Waals surface area (Å²) in [6, 6.07) is 5.38. The molecule has 1 fully saturated rings. The molecule has 2 N–H and O–H groups in total. The number of carbonyl (C=O) groups is 4. The van der Waals surface area contributed by atoms with Crippen LogP contribution in [0.3, 0.4) is 0 Å². The lowest BCUT2D eigenvalue weighted by Crippen LogP contribution is -2.36. The van der Waals surface area contributed by atoms with E-state index in [0.717, 1.165) is 0 Å².